The molecule has 1 atom stereocenters. The van der Waals surface area contributed by atoms with Crippen molar-refractivity contribution in [2.75, 3.05) is 6.61 Å². The van der Waals surface area contributed by atoms with Gasteiger partial charge in [-0.05, 0) is 63.4 Å². The van der Waals surface area contributed by atoms with E-state index in [1.165, 1.54) is 4.88 Å². The minimum atomic E-state index is -1.09. The fourth-order valence-corrected chi connectivity index (χ4v) is 5.68. The highest BCUT2D eigenvalue weighted by atomic mass is 32.1. The Bertz CT molecular complexity index is 979. The molecule has 0 aromatic carbocycles. The molecule has 0 aliphatic heterocycles. The number of nitrogens with zero attached hydrogens (tertiary/aromatic N) is 2. The summed E-state index contributed by atoms with van der Waals surface area (Å²) in [4.78, 5) is 33.4. The fraction of sp³-hybridized carbons (Fsp3) is 0.696. The molecule has 0 fully saturated rings. The van der Waals surface area contributed by atoms with E-state index in [0.717, 1.165) is 41.5 Å². The molecule has 1 unspecified atom stereocenters. The molecule has 0 spiro atoms. The van der Waals surface area contributed by atoms with Gasteiger partial charge in [0.05, 0.1) is 12.0 Å². The molecule has 0 bridgehead atoms. The van der Waals surface area contributed by atoms with Crippen LogP contribution in [0.15, 0.2) is 4.79 Å². The van der Waals surface area contributed by atoms with Crippen LogP contribution < -0.4 is 5.56 Å². The Labute approximate surface area is 177 Å². The van der Waals surface area contributed by atoms with Gasteiger partial charge in [0.1, 0.15) is 16.2 Å². The van der Waals surface area contributed by atoms with Crippen molar-refractivity contribution >= 4 is 27.5 Å². The molecule has 2 heterocycles. The van der Waals surface area contributed by atoms with Crippen molar-refractivity contribution in [2.24, 2.45) is 11.3 Å². The zero-order chi connectivity index (χ0) is 21.6. The zero-order valence-electron chi connectivity index (χ0n) is 18.8. The Hall–Kier alpha value is -1.69. The van der Waals surface area contributed by atoms with Crippen LogP contribution in [0.1, 0.15) is 77.6 Å². The highest BCUT2D eigenvalue weighted by molar-refractivity contribution is 7.18. The molecular weight excluding hydrogens is 384 g/mol. The Morgan fingerprint density at radius 2 is 1.93 bits per heavy atom. The van der Waals surface area contributed by atoms with Gasteiger partial charge in [0.2, 0.25) is 0 Å². The van der Waals surface area contributed by atoms with Crippen LogP contribution in [0.5, 0.6) is 0 Å². The first-order chi connectivity index (χ1) is 13.5. The first-order valence-electron chi connectivity index (χ1n) is 10.8. The number of thiophene rings is 1. The molecular formula is C23H34N2O3S. The molecule has 5 nitrogen and oxygen atoms in total. The van der Waals surface area contributed by atoms with Crippen LogP contribution in [0.2, 0.25) is 0 Å². The van der Waals surface area contributed by atoms with Gasteiger partial charge in [-0.25, -0.2) is 9.78 Å². The van der Waals surface area contributed by atoms with Crippen LogP contribution in [0, 0.1) is 11.3 Å². The molecule has 6 heteroatoms. The van der Waals surface area contributed by atoms with E-state index < -0.39 is 11.5 Å². The molecule has 3 rings (SSSR count). The van der Waals surface area contributed by atoms with E-state index in [1.807, 2.05) is 0 Å². The lowest BCUT2D eigenvalue weighted by Gasteiger charge is -2.33. The van der Waals surface area contributed by atoms with Crippen LogP contribution in [-0.2, 0) is 34.3 Å². The Morgan fingerprint density at radius 3 is 2.52 bits per heavy atom. The van der Waals surface area contributed by atoms with E-state index in [0.29, 0.717) is 18.2 Å². The van der Waals surface area contributed by atoms with Gasteiger partial charge >= 0.3 is 5.97 Å². The van der Waals surface area contributed by atoms with Crippen LogP contribution in [0.3, 0.4) is 0 Å². The number of rotatable bonds is 5. The number of aryl methyl sites for hydroxylation is 2. The summed E-state index contributed by atoms with van der Waals surface area (Å²) in [6, 6.07) is 0. The molecule has 0 saturated heterocycles. The minimum absolute atomic E-state index is 0.0942. The molecule has 0 N–H and O–H groups in total. The van der Waals surface area contributed by atoms with Crippen molar-refractivity contribution in [3.8, 4) is 0 Å². The van der Waals surface area contributed by atoms with Crippen LogP contribution in [-0.4, -0.2) is 22.1 Å². The molecule has 0 amide bonds. The Kier molecular flexibility index (Phi) is 5.96. The smallest absolute Gasteiger partial charge is 0.331 e. The second kappa shape index (κ2) is 7.86. The second-order valence-corrected chi connectivity index (χ2v) is 10.8. The molecule has 0 saturated carbocycles. The molecule has 2 aromatic rings. The average Bonchev–Trinajstić information content (AvgIpc) is 2.98. The predicted molar refractivity (Wildman–Crippen MR) is 119 cm³/mol. The lowest BCUT2D eigenvalue weighted by molar-refractivity contribution is -0.152. The summed E-state index contributed by atoms with van der Waals surface area (Å²) in [5.74, 6) is 0.892. The minimum Gasteiger partial charge on any atom is -0.464 e. The summed E-state index contributed by atoms with van der Waals surface area (Å²) in [5.41, 5.74) is 0.222. The van der Waals surface area contributed by atoms with Crippen LogP contribution >= 0.6 is 11.3 Å². The summed E-state index contributed by atoms with van der Waals surface area (Å²) < 4.78 is 6.88. The largest absolute Gasteiger partial charge is 0.464 e. The maximum atomic E-state index is 13.7. The predicted octanol–water partition coefficient (Wildman–Crippen LogP) is 4.86. The Morgan fingerprint density at radius 1 is 1.24 bits per heavy atom. The fourth-order valence-electron chi connectivity index (χ4n) is 4.37. The Balaban J connectivity index is 2.21. The number of aromatic nitrogens is 2. The van der Waals surface area contributed by atoms with Crippen molar-refractivity contribution < 1.29 is 9.53 Å². The zero-order valence-corrected chi connectivity index (χ0v) is 19.7. The summed E-state index contributed by atoms with van der Waals surface area (Å²) >= 11 is 1.67. The summed E-state index contributed by atoms with van der Waals surface area (Å²) in [5, 5.41) is 0.717. The van der Waals surface area contributed by atoms with Crippen molar-refractivity contribution in [3.63, 3.8) is 0 Å². The van der Waals surface area contributed by atoms with Gasteiger partial charge in [-0.1, -0.05) is 27.7 Å². The van der Waals surface area contributed by atoms with Gasteiger partial charge in [0.25, 0.3) is 5.56 Å². The molecule has 1 aliphatic carbocycles. The van der Waals surface area contributed by atoms with E-state index in [4.69, 9.17) is 9.72 Å². The highest BCUT2D eigenvalue weighted by Gasteiger charge is 2.37. The standard InChI is InChI=1S/C23H34N2O3S/c1-8-10-17-24-19-18(20(26)25(17)23(6,7)21(27)28-9-2)15-12-11-14(22(3,4)5)13-16(15)29-19/h14H,8-13H2,1-7H3. The number of ether oxygens (including phenoxy) is 1. The van der Waals surface area contributed by atoms with Crippen molar-refractivity contribution in [1.82, 2.24) is 9.55 Å². The lowest BCUT2D eigenvalue weighted by Crippen LogP contribution is -2.46. The van der Waals surface area contributed by atoms with E-state index in [1.54, 1.807) is 36.7 Å². The lowest BCUT2D eigenvalue weighted by atomic mass is 9.72. The second-order valence-electron chi connectivity index (χ2n) is 9.69. The third-order valence-corrected chi connectivity index (χ3v) is 7.33. The summed E-state index contributed by atoms with van der Waals surface area (Å²) in [6.45, 7) is 14.5. The third kappa shape index (κ3) is 3.88. The molecule has 1 aliphatic rings. The number of hydrogen-bond acceptors (Lipinski definition) is 5. The normalized spacial score (nSPS) is 17.4. The first-order valence-corrected chi connectivity index (χ1v) is 11.6. The average molecular weight is 419 g/mol. The van der Waals surface area contributed by atoms with E-state index in [-0.39, 0.29) is 17.6 Å². The quantitative estimate of drug-likeness (QED) is 0.651. The van der Waals surface area contributed by atoms with Gasteiger partial charge in [0.15, 0.2) is 0 Å². The van der Waals surface area contributed by atoms with Crippen LogP contribution in [0.25, 0.3) is 10.2 Å². The SMILES string of the molecule is CCCc1nc2sc3c(c2c(=O)n1C(C)(C)C(=O)OCC)CCC(C(C)(C)C)C3. The third-order valence-electron chi connectivity index (χ3n) is 6.18. The van der Waals surface area contributed by atoms with Crippen molar-refractivity contribution in [2.45, 2.75) is 86.1 Å². The van der Waals surface area contributed by atoms with Crippen molar-refractivity contribution in [3.05, 3.63) is 26.6 Å². The van der Waals surface area contributed by atoms with Crippen molar-refractivity contribution in [1.29, 1.82) is 0 Å². The van der Waals surface area contributed by atoms with Gasteiger partial charge < -0.3 is 4.74 Å². The molecule has 0 radical (unpaired) electrons. The van der Waals surface area contributed by atoms with Crippen LogP contribution in [0.4, 0.5) is 0 Å². The van der Waals surface area contributed by atoms with Gasteiger partial charge in [-0.2, -0.15) is 0 Å². The number of hydrogen-bond donors (Lipinski definition) is 0. The van der Waals surface area contributed by atoms with E-state index in [9.17, 15) is 9.59 Å². The van der Waals surface area contributed by atoms with E-state index >= 15 is 0 Å². The molecule has 29 heavy (non-hydrogen) atoms. The number of carbonyl (C=O) groups excluding carboxylic acids is 1. The first kappa shape index (κ1) is 22.0. The number of esters is 1. The van der Waals surface area contributed by atoms with Gasteiger partial charge in [0, 0.05) is 11.3 Å². The number of fused-ring (bicyclic) bond motifs is 3. The maximum absolute atomic E-state index is 13.7. The monoisotopic (exact) mass is 418 g/mol. The highest BCUT2D eigenvalue weighted by Crippen LogP contribution is 2.42. The summed E-state index contributed by atoms with van der Waals surface area (Å²) in [6.07, 6.45) is 4.50. The molecule has 160 valence electrons. The van der Waals surface area contributed by atoms with Gasteiger partial charge in [-0.3, -0.25) is 9.36 Å². The number of carbonyl (C=O) groups is 1. The molecule has 2 aromatic heterocycles. The summed E-state index contributed by atoms with van der Waals surface area (Å²) in [7, 11) is 0. The van der Waals surface area contributed by atoms with E-state index in [2.05, 4.69) is 27.7 Å². The van der Waals surface area contributed by atoms with Gasteiger partial charge in [-0.15, -0.1) is 11.3 Å². The topological polar surface area (TPSA) is 61.2 Å². The maximum Gasteiger partial charge on any atom is 0.331 e.